The number of Topliss-reactive ketones (excluding diaryl/α,β-unsaturated/α-hetero) is 1. The number of hydrogen-bond acceptors (Lipinski definition) is 5. The molecular weight excluding hydrogens is 366 g/mol. The first-order valence-electron chi connectivity index (χ1n) is 9.02. The molecule has 2 aromatic carbocycles. The molecule has 0 amide bonds. The van der Waals surface area contributed by atoms with Crippen molar-refractivity contribution in [1.29, 1.82) is 0 Å². The van der Waals surface area contributed by atoms with E-state index in [1.54, 1.807) is 29.2 Å². The maximum absolute atomic E-state index is 12.7. The molecular formula is C23H15N3O3. The van der Waals surface area contributed by atoms with Crippen LogP contribution in [0.4, 0.5) is 0 Å². The highest BCUT2D eigenvalue weighted by atomic mass is 16.5. The van der Waals surface area contributed by atoms with E-state index in [2.05, 4.69) is 4.98 Å². The van der Waals surface area contributed by atoms with Gasteiger partial charge >= 0.3 is 0 Å². The molecule has 1 aliphatic heterocycles. The second kappa shape index (κ2) is 6.76. The molecule has 5 rings (SSSR count). The average molecular weight is 381 g/mol. The van der Waals surface area contributed by atoms with Gasteiger partial charge in [-0.25, -0.2) is 4.68 Å². The first kappa shape index (κ1) is 16.9. The Morgan fingerprint density at radius 3 is 2.59 bits per heavy atom. The van der Waals surface area contributed by atoms with Crippen molar-refractivity contribution in [2.75, 3.05) is 0 Å². The van der Waals surface area contributed by atoms with Crippen molar-refractivity contribution in [2.45, 2.75) is 0 Å². The summed E-state index contributed by atoms with van der Waals surface area (Å²) in [6.45, 7) is 0. The van der Waals surface area contributed by atoms with Crippen LogP contribution in [-0.4, -0.2) is 25.7 Å². The zero-order valence-electron chi connectivity index (χ0n) is 15.2. The number of nitrogens with zero attached hydrogens (tertiary/aromatic N) is 3. The highest BCUT2D eigenvalue weighted by Crippen LogP contribution is 2.35. The SMILES string of the molecule is O=C1C(=Cc2cn(-c3ccccc3)nc2-c2ccncc2)Oc2cc(O)ccc21. The van der Waals surface area contributed by atoms with Gasteiger partial charge in [-0.3, -0.25) is 9.78 Å². The second-order valence-electron chi connectivity index (χ2n) is 6.57. The smallest absolute Gasteiger partial charge is 0.231 e. The normalized spacial score (nSPS) is 14.1. The van der Waals surface area contributed by atoms with Crippen molar-refractivity contribution in [3.8, 4) is 28.4 Å². The van der Waals surface area contributed by atoms with Crippen LogP contribution in [0.1, 0.15) is 15.9 Å². The van der Waals surface area contributed by atoms with E-state index in [1.165, 1.54) is 12.1 Å². The lowest BCUT2D eigenvalue weighted by molar-refractivity contribution is 0.101. The van der Waals surface area contributed by atoms with Gasteiger partial charge in [-0.2, -0.15) is 5.10 Å². The first-order valence-corrected chi connectivity index (χ1v) is 9.02. The number of benzene rings is 2. The van der Waals surface area contributed by atoms with E-state index < -0.39 is 0 Å². The number of carbonyl (C=O) groups excluding carboxylic acids is 1. The number of para-hydroxylation sites is 1. The molecule has 1 N–H and O–H groups in total. The third kappa shape index (κ3) is 3.06. The molecule has 0 saturated carbocycles. The molecule has 0 bridgehead atoms. The van der Waals surface area contributed by atoms with Gasteiger partial charge in [0.25, 0.3) is 0 Å². The maximum atomic E-state index is 12.7. The lowest BCUT2D eigenvalue weighted by atomic mass is 10.1. The molecule has 0 saturated heterocycles. The van der Waals surface area contributed by atoms with Crippen molar-refractivity contribution in [2.24, 2.45) is 0 Å². The number of phenols is 1. The summed E-state index contributed by atoms with van der Waals surface area (Å²) in [6, 6.07) is 17.9. The number of carbonyl (C=O) groups is 1. The number of hydrogen-bond donors (Lipinski definition) is 1. The van der Waals surface area contributed by atoms with Crippen LogP contribution >= 0.6 is 0 Å². The molecule has 4 aromatic rings. The van der Waals surface area contributed by atoms with Crippen LogP contribution in [0.2, 0.25) is 0 Å². The third-order valence-corrected chi connectivity index (χ3v) is 4.66. The summed E-state index contributed by atoms with van der Waals surface area (Å²) in [4.78, 5) is 16.8. The van der Waals surface area contributed by atoms with E-state index in [1.807, 2.05) is 48.7 Å². The predicted molar refractivity (Wildman–Crippen MR) is 108 cm³/mol. The summed E-state index contributed by atoms with van der Waals surface area (Å²) in [5.41, 5.74) is 3.65. The Morgan fingerprint density at radius 1 is 1.00 bits per heavy atom. The van der Waals surface area contributed by atoms with Crippen LogP contribution < -0.4 is 4.74 Å². The minimum absolute atomic E-state index is 0.0483. The summed E-state index contributed by atoms with van der Waals surface area (Å²) in [7, 11) is 0. The van der Waals surface area contributed by atoms with Gasteiger partial charge in [0.15, 0.2) is 5.76 Å². The van der Waals surface area contributed by atoms with Crippen LogP contribution in [0, 0.1) is 0 Å². The summed E-state index contributed by atoms with van der Waals surface area (Å²) in [5.74, 6) is 0.357. The number of allylic oxidation sites excluding steroid dienone is 1. The number of aromatic nitrogens is 3. The minimum Gasteiger partial charge on any atom is -0.508 e. The van der Waals surface area contributed by atoms with Gasteiger partial charge in [-0.05, 0) is 42.5 Å². The van der Waals surface area contributed by atoms with E-state index >= 15 is 0 Å². The third-order valence-electron chi connectivity index (χ3n) is 4.66. The highest BCUT2D eigenvalue weighted by Gasteiger charge is 2.28. The zero-order chi connectivity index (χ0) is 19.8. The van der Waals surface area contributed by atoms with Crippen molar-refractivity contribution in [3.63, 3.8) is 0 Å². The average Bonchev–Trinajstić information content (AvgIpc) is 3.31. The Bertz CT molecular complexity index is 1250. The molecule has 3 heterocycles. The van der Waals surface area contributed by atoms with E-state index in [0.717, 1.165) is 16.8 Å². The number of fused-ring (bicyclic) bond motifs is 1. The number of aromatic hydroxyl groups is 1. The zero-order valence-corrected chi connectivity index (χ0v) is 15.2. The van der Waals surface area contributed by atoms with Crippen LogP contribution in [0.3, 0.4) is 0 Å². The molecule has 0 unspecified atom stereocenters. The molecule has 0 fully saturated rings. The molecule has 2 aromatic heterocycles. The van der Waals surface area contributed by atoms with Crippen molar-refractivity contribution < 1.29 is 14.6 Å². The lowest BCUT2D eigenvalue weighted by Gasteiger charge is -2.00. The van der Waals surface area contributed by atoms with Gasteiger partial charge in [-0.1, -0.05) is 18.2 Å². The first-order chi connectivity index (χ1) is 14.2. The van der Waals surface area contributed by atoms with E-state index in [-0.39, 0.29) is 17.3 Å². The van der Waals surface area contributed by atoms with E-state index in [4.69, 9.17) is 9.84 Å². The van der Waals surface area contributed by atoms with Crippen molar-refractivity contribution >= 4 is 11.9 Å². The summed E-state index contributed by atoms with van der Waals surface area (Å²) in [6.07, 6.45) is 6.93. The Kier molecular flexibility index (Phi) is 3.95. The van der Waals surface area contributed by atoms with Gasteiger partial charge in [0.1, 0.15) is 17.2 Å². The Hall–Kier alpha value is -4.19. The molecule has 0 radical (unpaired) electrons. The van der Waals surface area contributed by atoms with Crippen LogP contribution in [0.5, 0.6) is 11.5 Å². The van der Waals surface area contributed by atoms with Crippen LogP contribution in [-0.2, 0) is 0 Å². The van der Waals surface area contributed by atoms with Gasteiger partial charge in [0.2, 0.25) is 5.78 Å². The van der Waals surface area contributed by atoms with Crippen molar-refractivity contribution in [1.82, 2.24) is 14.8 Å². The largest absolute Gasteiger partial charge is 0.508 e. The van der Waals surface area contributed by atoms with Crippen LogP contribution in [0.25, 0.3) is 23.0 Å². The van der Waals surface area contributed by atoms with Gasteiger partial charge in [0.05, 0.1) is 11.3 Å². The number of ketones is 1. The molecule has 29 heavy (non-hydrogen) atoms. The molecule has 0 aliphatic carbocycles. The minimum atomic E-state index is -0.229. The molecule has 0 spiro atoms. The molecule has 6 nitrogen and oxygen atoms in total. The quantitative estimate of drug-likeness (QED) is 0.537. The van der Waals surface area contributed by atoms with Gasteiger partial charge in [-0.15, -0.1) is 0 Å². The number of rotatable bonds is 3. The Balaban J connectivity index is 1.62. The number of pyridine rings is 1. The summed E-state index contributed by atoms with van der Waals surface area (Å²) >= 11 is 0. The number of ether oxygens (including phenoxy) is 1. The Morgan fingerprint density at radius 2 is 1.79 bits per heavy atom. The molecule has 6 heteroatoms. The van der Waals surface area contributed by atoms with Gasteiger partial charge in [0, 0.05) is 35.8 Å². The maximum Gasteiger partial charge on any atom is 0.231 e. The van der Waals surface area contributed by atoms with Crippen molar-refractivity contribution in [3.05, 3.63) is 96.1 Å². The summed E-state index contributed by atoms with van der Waals surface area (Å²) < 4.78 is 7.48. The fraction of sp³-hybridized carbons (Fsp3) is 0. The molecule has 0 atom stereocenters. The Labute approximate surface area is 166 Å². The fourth-order valence-corrected chi connectivity index (χ4v) is 3.26. The van der Waals surface area contributed by atoms with Crippen LogP contribution in [0.15, 0.2) is 85.0 Å². The van der Waals surface area contributed by atoms with E-state index in [0.29, 0.717) is 17.0 Å². The van der Waals surface area contributed by atoms with E-state index in [9.17, 15) is 9.90 Å². The molecule has 1 aliphatic rings. The standard InChI is InChI=1S/C23H15N3O3/c27-18-6-7-19-20(13-18)29-21(23(19)28)12-16-14-26(17-4-2-1-3-5-17)25-22(16)15-8-10-24-11-9-15/h1-14,27H. The lowest BCUT2D eigenvalue weighted by Crippen LogP contribution is -1.98. The molecule has 140 valence electrons. The fourth-order valence-electron chi connectivity index (χ4n) is 3.26. The highest BCUT2D eigenvalue weighted by molar-refractivity contribution is 6.14. The van der Waals surface area contributed by atoms with Gasteiger partial charge < -0.3 is 9.84 Å². The second-order valence-corrected chi connectivity index (χ2v) is 6.57. The summed E-state index contributed by atoms with van der Waals surface area (Å²) in [5, 5.41) is 14.4. The topological polar surface area (TPSA) is 77.2 Å². The number of phenolic OH excluding ortho intramolecular Hbond substituents is 1. The monoisotopic (exact) mass is 381 g/mol. The predicted octanol–water partition coefficient (Wildman–Crippen LogP) is 4.26.